The topological polar surface area (TPSA) is 63.0 Å². The minimum absolute atomic E-state index is 0.222. The van der Waals surface area contributed by atoms with Gasteiger partial charge in [-0.05, 0) is 25.0 Å². The van der Waals surface area contributed by atoms with Gasteiger partial charge in [0.1, 0.15) is 6.07 Å². The number of carbonyl (C=O) groups is 1. The van der Waals surface area contributed by atoms with Crippen LogP contribution in [-0.2, 0) is 16.0 Å². The lowest BCUT2D eigenvalue weighted by Gasteiger charge is -2.01. The van der Waals surface area contributed by atoms with E-state index in [2.05, 4.69) is 4.98 Å². The number of esters is 1. The Hall–Kier alpha value is -1.89. The molecule has 0 fully saturated rings. The second kappa shape index (κ2) is 5.76. The highest BCUT2D eigenvalue weighted by Crippen LogP contribution is 2.05. The molecule has 78 valence electrons. The summed E-state index contributed by atoms with van der Waals surface area (Å²) in [4.78, 5) is 15.0. The van der Waals surface area contributed by atoms with Gasteiger partial charge in [-0.2, -0.15) is 5.26 Å². The molecular weight excluding hydrogens is 192 g/mol. The zero-order valence-corrected chi connectivity index (χ0v) is 8.56. The Labute approximate surface area is 88.5 Å². The molecule has 1 aromatic heterocycles. The maximum atomic E-state index is 11.1. The minimum Gasteiger partial charge on any atom is -0.466 e. The van der Waals surface area contributed by atoms with Crippen LogP contribution in [0.2, 0.25) is 0 Å². The van der Waals surface area contributed by atoms with Gasteiger partial charge in [0.15, 0.2) is 0 Å². The fourth-order valence-corrected chi connectivity index (χ4v) is 1.16. The first kappa shape index (κ1) is 11.2. The summed E-state index contributed by atoms with van der Waals surface area (Å²) < 4.78 is 4.80. The van der Waals surface area contributed by atoms with E-state index in [0.717, 1.165) is 5.56 Å². The van der Waals surface area contributed by atoms with Crippen molar-refractivity contribution in [3.8, 4) is 6.07 Å². The van der Waals surface area contributed by atoms with Crippen LogP contribution in [0.25, 0.3) is 0 Å². The van der Waals surface area contributed by atoms with Crippen molar-refractivity contribution in [1.82, 2.24) is 4.98 Å². The average Bonchev–Trinajstić information content (AvgIpc) is 2.27. The Morgan fingerprint density at radius 3 is 3.07 bits per heavy atom. The number of pyridine rings is 1. The number of ether oxygens (including phenoxy) is 1. The maximum Gasteiger partial charge on any atom is 0.306 e. The van der Waals surface area contributed by atoms with Crippen molar-refractivity contribution in [3.05, 3.63) is 29.6 Å². The van der Waals surface area contributed by atoms with Gasteiger partial charge in [-0.25, -0.2) is 0 Å². The highest BCUT2D eigenvalue weighted by atomic mass is 16.5. The first-order chi connectivity index (χ1) is 7.26. The molecule has 0 unspecified atom stereocenters. The van der Waals surface area contributed by atoms with E-state index in [1.807, 2.05) is 6.07 Å². The van der Waals surface area contributed by atoms with Crippen molar-refractivity contribution >= 4 is 5.97 Å². The normalized spacial score (nSPS) is 9.33. The lowest BCUT2D eigenvalue weighted by molar-refractivity contribution is -0.143. The monoisotopic (exact) mass is 204 g/mol. The predicted molar refractivity (Wildman–Crippen MR) is 53.9 cm³/mol. The molecule has 0 spiro atoms. The van der Waals surface area contributed by atoms with Crippen LogP contribution >= 0.6 is 0 Å². The second-order valence-corrected chi connectivity index (χ2v) is 3.00. The van der Waals surface area contributed by atoms with Crippen LogP contribution in [0.5, 0.6) is 0 Å². The number of rotatable bonds is 4. The molecule has 4 heteroatoms. The molecule has 0 bridgehead atoms. The molecule has 0 aliphatic rings. The molecule has 0 saturated carbocycles. The van der Waals surface area contributed by atoms with E-state index in [1.165, 1.54) is 6.20 Å². The van der Waals surface area contributed by atoms with Crippen molar-refractivity contribution in [2.75, 3.05) is 6.61 Å². The highest BCUT2D eigenvalue weighted by molar-refractivity contribution is 5.69. The van der Waals surface area contributed by atoms with E-state index < -0.39 is 0 Å². The molecule has 0 saturated heterocycles. The number of nitrogens with zero attached hydrogens (tertiary/aromatic N) is 2. The molecule has 1 aromatic rings. The first-order valence-corrected chi connectivity index (χ1v) is 4.76. The van der Waals surface area contributed by atoms with E-state index >= 15 is 0 Å². The number of nitriles is 1. The second-order valence-electron chi connectivity index (χ2n) is 3.00. The molecule has 0 aromatic carbocycles. The van der Waals surface area contributed by atoms with Crippen molar-refractivity contribution in [2.24, 2.45) is 0 Å². The van der Waals surface area contributed by atoms with Crippen LogP contribution in [0.1, 0.15) is 24.5 Å². The summed E-state index contributed by atoms with van der Waals surface area (Å²) >= 11 is 0. The Balaban J connectivity index is 2.51. The lowest BCUT2D eigenvalue weighted by atomic mass is 10.1. The summed E-state index contributed by atoms with van der Waals surface area (Å²) in [7, 11) is 0. The van der Waals surface area contributed by atoms with Crippen LogP contribution in [0.3, 0.4) is 0 Å². The standard InChI is InChI=1S/C11H12N2O2/c1-2-15-11(14)4-3-9-5-10(6-12)8-13-7-9/h5,7-8H,2-4H2,1H3. The predicted octanol–water partition coefficient (Wildman–Crippen LogP) is 1.45. The highest BCUT2D eigenvalue weighted by Gasteiger charge is 2.03. The van der Waals surface area contributed by atoms with Gasteiger partial charge in [-0.3, -0.25) is 9.78 Å². The van der Waals surface area contributed by atoms with Crippen LogP contribution < -0.4 is 0 Å². The molecular formula is C11H12N2O2. The van der Waals surface area contributed by atoms with Gasteiger partial charge >= 0.3 is 5.97 Å². The molecule has 0 aliphatic heterocycles. The molecule has 0 amide bonds. The maximum absolute atomic E-state index is 11.1. The molecule has 4 nitrogen and oxygen atoms in total. The third kappa shape index (κ3) is 3.77. The lowest BCUT2D eigenvalue weighted by Crippen LogP contribution is -2.05. The number of aryl methyl sites for hydroxylation is 1. The summed E-state index contributed by atoms with van der Waals surface area (Å²) in [6.07, 6.45) is 4.03. The zero-order valence-electron chi connectivity index (χ0n) is 8.56. The van der Waals surface area contributed by atoms with Crippen LogP contribution in [0, 0.1) is 11.3 Å². The van der Waals surface area contributed by atoms with Crippen LogP contribution in [0.15, 0.2) is 18.5 Å². The average molecular weight is 204 g/mol. The summed E-state index contributed by atoms with van der Waals surface area (Å²) in [6, 6.07) is 3.73. The van der Waals surface area contributed by atoms with Gasteiger partial charge in [0, 0.05) is 18.8 Å². The smallest absolute Gasteiger partial charge is 0.306 e. The Bertz CT molecular complexity index is 382. The summed E-state index contributed by atoms with van der Waals surface area (Å²) in [5, 5.41) is 8.64. The first-order valence-electron chi connectivity index (χ1n) is 4.76. The van der Waals surface area contributed by atoms with Gasteiger partial charge in [-0.1, -0.05) is 0 Å². The Morgan fingerprint density at radius 2 is 2.40 bits per heavy atom. The molecule has 0 atom stereocenters. The van der Waals surface area contributed by atoms with E-state index in [9.17, 15) is 4.79 Å². The van der Waals surface area contributed by atoms with E-state index in [1.54, 1.807) is 19.2 Å². The molecule has 0 N–H and O–H groups in total. The Kier molecular flexibility index (Phi) is 4.30. The van der Waals surface area contributed by atoms with Crippen LogP contribution in [-0.4, -0.2) is 17.6 Å². The van der Waals surface area contributed by atoms with Crippen molar-refractivity contribution in [3.63, 3.8) is 0 Å². The molecule has 0 radical (unpaired) electrons. The molecule has 15 heavy (non-hydrogen) atoms. The van der Waals surface area contributed by atoms with E-state index in [-0.39, 0.29) is 5.97 Å². The minimum atomic E-state index is -0.222. The SMILES string of the molecule is CCOC(=O)CCc1cncc(C#N)c1. The number of carbonyl (C=O) groups excluding carboxylic acids is 1. The van der Waals surface area contributed by atoms with Gasteiger partial charge in [0.05, 0.1) is 12.2 Å². The van der Waals surface area contributed by atoms with Gasteiger partial charge in [0.25, 0.3) is 0 Å². The number of hydrogen-bond donors (Lipinski definition) is 0. The van der Waals surface area contributed by atoms with Gasteiger partial charge in [-0.15, -0.1) is 0 Å². The van der Waals surface area contributed by atoms with E-state index in [4.69, 9.17) is 10.00 Å². The largest absolute Gasteiger partial charge is 0.466 e. The van der Waals surface area contributed by atoms with Crippen molar-refractivity contribution in [2.45, 2.75) is 19.8 Å². The molecule has 0 aliphatic carbocycles. The third-order valence-corrected chi connectivity index (χ3v) is 1.85. The number of aromatic nitrogens is 1. The van der Waals surface area contributed by atoms with Crippen LogP contribution in [0.4, 0.5) is 0 Å². The Morgan fingerprint density at radius 1 is 1.60 bits per heavy atom. The summed E-state index contributed by atoms with van der Waals surface area (Å²) in [5.41, 5.74) is 1.39. The zero-order chi connectivity index (χ0) is 11.1. The van der Waals surface area contributed by atoms with E-state index in [0.29, 0.717) is 25.0 Å². The molecule has 1 heterocycles. The van der Waals surface area contributed by atoms with Gasteiger partial charge < -0.3 is 4.74 Å². The van der Waals surface area contributed by atoms with Crippen molar-refractivity contribution < 1.29 is 9.53 Å². The van der Waals surface area contributed by atoms with Gasteiger partial charge in [0.2, 0.25) is 0 Å². The summed E-state index contributed by atoms with van der Waals surface area (Å²) in [6.45, 7) is 2.17. The van der Waals surface area contributed by atoms with Crippen molar-refractivity contribution in [1.29, 1.82) is 5.26 Å². The fraction of sp³-hybridized carbons (Fsp3) is 0.364. The quantitative estimate of drug-likeness (QED) is 0.696. The fourth-order valence-electron chi connectivity index (χ4n) is 1.16. The third-order valence-electron chi connectivity index (χ3n) is 1.85. The molecule has 1 rings (SSSR count). The number of hydrogen-bond acceptors (Lipinski definition) is 4. The summed E-state index contributed by atoms with van der Waals surface area (Å²) in [5.74, 6) is -0.222.